The second-order valence-corrected chi connectivity index (χ2v) is 7.96. The lowest BCUT2D eigenvalue weighted by atomic mass is 10.1. The van der Waals surface area contributed by atoms with E-state index in [1.807, 2.05) is 0 Å². The van der Waals surface area contributed by atoms with E-state index in [0.29, 0.717) is 0 Å². The van der Waals surface area contributed by atoms with Gasteiger partial charge < -0.3 is 25.6 Å². The van der Waals surface area contributed by atoms with E-state index in [9.17, 15) is 15.0 Å². The van der Waals surface area contributed by atoms with E-state index < -0.39 is 24.1 Å². The van der Waals surface area contributed by atoms with Crippen molar-refractivity contribution in [3.63, 3.8) is 0 Å². The summed E-state index contributed by atoms with van der Waals surface area (Å²) >= 11 is 0. The molecule has 29 heavy (non-hydrogen) atoms. The zero-order chi connectivity index (χ0) is 21.2. The summed E-state index contributed by atoms with van der Waals surface area (Å²) in [5.41, 5.74) is 6.31. The summed E-state index contributed by atoms with van der Waals surface area (Å²) in [6.07, 6.45) is 7.51. The first-order chi connectivity index (χ1) is 14.0. The first kappa shape index (κ1) is 23.8. The lowest BCUT2D eigenvalue weighted by molar-refractivity contribution is -0.0459. The van der Waals surface area contributed by atoms with Crippen LogP contribution in [-0.4, -0.2) is 63.1 Å². The molecule has 0 radical (unpaired) electrons. The van der Waals surface area contributed by atoms with Crippen LogP contribution in [0.3, 0.4) is 0 Å². The molecule has 0 bridgehead atoms. The Kier molecular flexibility index (Phi) is 10.1. The van der Waals surface area contributed by atoms with Gasteiger partial charge in [-0.3, -0.25) is 4.57 Å². The first-order valence-corrected chi connectivity index (χ1v) is 11.0. The highest BCUT2D eigenvalue weighted by Gasteiger charge is 2.35. The van der Waals surface area contributed by atoms with Crippen LogP contribution in [0, 0.1) is 0 Å². The van der Waals surface area contributed by atoms with Crippen LogP contribution >= 0.6 is 0 Å². The molecule has 2 rings (SSSR count). The van der Waals surface area contributed by atoms with Crippen molar-refractivity contribution in [3.05, 3.63) is 22.2 Å². The Bertz CT molecular complexity index is 659. The first-order valence-electron chi connectivity index (χ1n) is 11.0. The highest BCUT2D eigenvalue weighted by Crippen LogP contribution is 2.28. The van der Waals surface area contributed by atoms with Gasteiger partial charge in [0.2, 0.25) is 0 Å². The number of rotatable bonds is 13. The van der Waals surface area contributed by atoms with Gasteiger partial charge in [-0.15, -0.1) is 0 Å². The minimum atomic E-state index is -0.796. The molecule has 8 nitrogen and oxygen atoms in total. The van der Waals surface area contributed by atoms with Crippen LogP contribution in [0.2, 0.25) is 0 Å². The maximum absolute atomic E-state index is 12.2. The molecule has 166 valence electrons. The van der Waals surface area contributed by atoms with Crippen molar-refractivity contribution >= 4 is 5.82 Å². The van der Waals surface area contributed by atoms with Crippen LogP contribution in [0.25, 0.3) is 0 Å². The van der Waals surface area contributed by atoms with Gasteiger partial charge in [0.1, 0.15) is 18.1 Å². The number of ether oxygens (including phenoxy) is 1. The Balaban J connectivity index is 1.92. The molecule has 3 atom stereocenters. The lowest BCUT2D eigenvalue weighted by Crippen LogP contribution is -2.29. The van der Waals surface area contributed by atoms with E-state index in [1.165, 1.54) is 30.3 Å². The van der Waals surface area contributed by atoms with Gasteiger partial charge in [0, 0.05) is 18.2 Å². The summed E-state index contributed by atoms with van der Waals surface area (Å²) in [5.74, 6) is 0.261. The number of aliphatic hydroxyl groups is 2. The molecule has 0 amide bonds. The third-order valence-electron chi connectivity index (χ3n) is 5.58. The molecule has 1 saturated heterocycles. The predicted octanol–water partition coefficient (Wildman–Crippen LogP) is 1.69. The van der Waals surface area contributed by atoms with Crippen molar-refractivity contribution in [2.75, 3.05) is 32.0 Å². The van der Waals surface area contributed by atoms with E-state index in [2.05, 4.69) is 23.7 Å². The molecule has 1 unspecified atom stereocenters. The summed E-state index contributed by atoms with van der Waals surface area (Å²) in [6, 6.07) is 0. The molecule has 4 N–H and O–H groups in total. The number of nitrogens with zero attached hydrogens (tertiary/aromatic N) is 3. The fraction of sp³-hybridized carbons (Fsp3) is 0.810. The van der Waals surface area contributed by atoms with Gasteiger partial charge >= 0.3 is 5.69 Å². The minimum Gasteiger partial charge on any atom is -0.394 e. The summed E-state index contributed by atoms with van der Waals surface area (Å²) in [6.45, 7) is 7.53. The van der Waals surface area contributed by atoms with Gasteiger partial charge in [0.25, 0.3) is 0 Å². The number of anilines is 1. The van der Waals surface area contributed by atoms with Crippen molar-refractivity contribution < 1.29 is 14.9 Å². The number of aryl methyl sites for hydroxylation is 1. The Morgan fingerprint density at radius 3 is 2.45 bits per heavy atom. The van der Waals surface area contributed by atoms with Crippen LogP contribution < -0.4 is 11.4 Å². The van der Waals surface area contributed by atoms with Gasteiger partial charge in [-0.2, -0.15) is 4.98 Å². The lowest BCUT2D eigenvalue weighted by Gasteiger charge is -2.22. The van der Waals surface area contributed by atoms with Crippen molar-refractivity contribution in [3.8, 4) is 0 Å². The van der Waals surface area contributed by atoms with E-state index in [0.717, 1.165) is 44.5 Å². The molecule has 1 aromatic rings. The van der Waals surface area contributed by atoms with Gasteiger partial charge in [0.05, 0.1) is 12.7 Å². The number of nitrogen functional groups attached to an aromatic ring is 1. The molecular formula is C21H38N4O4. The normalized spacial score (nSPS) is 21.9. The third-order valence-corrected chi connectivity index (χ3v) is 5.58. The molecule has 1 aliphatic heterocycles. The minimum absolute atomic E-state index is 0.250. The predicted molar refractivity (Wildman–Crippen MR) is 114 cm³/mol. The average Bonchev–Trinajstić information content (AvgIpc) is 3.08. The highest BCUT2D eigenvalue weighted by molar-refractivity contribution is 5.36. The number of nitrogens with two attached hydrogens (primary N) is 1. The van der Waals surface area contributed by atoms with Crippen LogP contribution in [0.1, 0.15) is 70.6 Å². The molecule has 8 heteroatoms. The van der Waals surface area contributed by atoms with Crippen molar-refractivity contribution in [1.29, 1.82) is 0 Å². The molecule has 0 saturated carbocycles. The van der Waals surface area contributed by atoms with Crippen LogP contribution in [0.5, 0.6) is 0 Å². The van der Waals surface area contributed by atoms with Crippen LogP contribution in [0.4, 0.5) is 5.82 Å². The van der Waals surface area contributed by atoms with Crippen LogP contribution in [0.15, 0.2) is 11.0 Å². The zero-order valence-corrected chi connectivity index (χ0v) is 17.9. The third kappa shape index (κ3) is 7.06. The molecule has 1 aromatic heterocycles. The van der Waals surface area contributed by atoms with Crippen LogP contribution in [-0.2, 0) is 11.2 Å². The number of aromatic nitrogens is 2. The van der Waals surface area contributed by atoms with E-state index >= 15 is 0 Å². The number of hydrogen-bond donors (Lipinski definition) is 3. The summed E-state index contributed by atoms with van der Waals surface area (Å²) in [4.78, 5) is 18.7. The zero-order valence-electron chi connectivity index (χ0n) is 17.9. The molecular weight excluding hydrogens is 372 g/mol. The Hall–Kier alpha value is -1.48. The highest BCUT2D eigenvalue weighted by atomic mass is 16.5. The Morgan fingerprint density at radius 1 is 1.21 bits per heavy atom. The monoisotopic (exact) mass is 410 g/mol. The average molecular weight is 411 g/mol. The Labute approximate surface area is 173 Å². The molecule has 0 aromatic carbocycles. The van der Waals surface area contributed by atoms with Crippen molar-refractivity contribution in [2.24, 2.45) is 0 Å². The maximum Gasteiger partial charge on any atom is 0.351 e. The second kappa shape index (κ2) is 12.3. The molecule has 1 fully saturated rings. The fourth-order valence-corrected chi connectivity index (χ4v) is 3.72. The van der Waals surface area contributed by atoms with Gasteiger partial charge in [-0.25, -0.2) is 4.79 Å². The SMILES string of the molecule is CCCCN(CCCC)CCCCc1cn([C@H]2CC(O)[C@@H](CO)O2)c(=O)nc1N. The number of aliphatic hydroxyl groups excluding tert-OH is 2. The van der Waals surface area contributed by atoms with Gasteiger partial charge in [-0.1, -0.05) is 26.7 Å². The van der Waals surface area contributed by atoms with Gasteiger partial charge in [0.15, 0.2) is 0 Å². The second-order valence-electron chi connectivity index (χ2n) is 7.96. The number of unbranched alkanes of at least 4 members (excludes halogenated alkanes) is 3. The van der Waals surface area contributed by atoms with Crippen molar-refractivity contribution in [2.45, 2.75) is 83.6 Å². The standard InChI is InChI=1S/C21H38N4O4/c1-3-5-10-24(11-6-4-2)12-8-7-9-16-14-25(21(28)23-20(16)22)19-13-17(27)18(15-26)29-19/h14,17-19,26-27H,3-13,15H2,1-2H3,(H2,22,23,28)/t17?,18-,19-/m1/s1. The Morgan fingerprint density at radius 2 is 1.86 bits per heavy atom. The molecule has 0 spiro atoms. The summed E-state index contributed by atoms with van der Waals surface area (Å²) < 4.78 is 6.98. The van der Waals surface area contributed by atoms with Crippen molar-refractivity contribution in [1.82, 2.24) is 14.5 Å². The molecule has 1 aliphatic rings. The smallest absolute Gasteiger partial charge is 0.351 e. The summed E-state index contributed by atoms with van der Waals surface area (Å²) in [7, 11) is 0. The molecule has 2 heterocycles. The van der Waals surface area contributed by atoms with E-state index in [-0.39, 0.29) is 18.8 Å². The van der Waals surface area contributed by atoms with Gasteiger partial charge in [-0.05, 0) is 51.7 Å². The quantitative estimate of drug-likeness (QED) is 0.424. The summed E-state index contributed by atoms with van der Waals surface area (Å²) in [5, 5.41) is 19.2. The topological polar surface area (TPSA) is 114 Å². The fourth-order valence-electron chi connectivity index (χ4n) is 3.72. The van der Waals surface area contributed by atoms with E-state index in [4.69, 9.17) is 10.5 Å². The largest absolute Gasteiger partial charge is 0.394 e. The molecule has 0 aliphatic carbocycles. The van der Waals surface area contributed by atoms with E-state index in [1.54, 1.807) is 6.20 Å². The number of hydrogen-bond acceptors (Lipinski definition) is 7. The maximum atomic E-state index is 12.2.